The van der Waals surface area contributed by atoms with Gasteiger partial charge in [-0.2, -0.15) is 0 Å². The van der Waals surface area contributed by atoms with Crippen molar-refractivity contribution in [1.82, 2.24) is 20.3 Å². The van der Waals surface area contributed by atoms with E-state index in [1.807, 2.05) is 81.6 Å². The highest BCUT2D eigenvalue weighted by atomic mass is 19.1. The van der Waals surface area contributed by atoms with E-state index in [0.717, 1.165) is 44.4 Å². The number of amides is 1. The van der Waals surface area contributed by atoms with E-state index < -0.39 is 0 Å². The van der Waals surface area contributed by atoms with Gasteiger partial charge >= 0.3 is 0 Å². The molecule has 37 heavy (non-hydrogen) atoms. The number of fused-ring (bicyclic) bond motifs is 1. The molecule has 0 radical (unpaired) electrons. The molecule has 0 saturated carbocycles. The summed E-state index contributed by atoms with van der Waals surface area (Å²) in [6.07, 6.45) is 5.63. The van der Waals surface area contributed by atoms with Crippen molar-refractivity contribution in [3.63, 3.8) is 0 Å². The fourth-order valence-electron chi connectivity index (χ4n) is 4.28. The number of H-pyrrole nitrogens is 1. The zero-order valence-corrected chi connectivity index (χ0v) is 20.9. The van der Waals surface area contributed by atoms with Gasteiger partial charge in [0.2, 0.25) is 0 Å². The van der Waals surface area contributed by atoms with Crippen LogP contribution < -0.4 is 5.32 Å². The van der Waals surface area contributed by atoms with Crippen LogP contribution >= 0.6 is 0 Å². The Morgan fingerprint density at radius 2 is 1.70 bits per heavy atom. The Hall–Kier alpha value is -4.58. The second-order valence-corrected chi connectivity index (χ2v) is 9.37. The third kappa shape index (κ3) is 5.48. The molecule has 5 rings (SSSR count). The monoisotopic (exact) mass is 490 g/mol. The highest BCUT2D eigenvalue weighted by Crippen LogP contribution is 2.26. The van der Waals surface area contributed by atoms with E-state index in [0.29, 0.717) is 11.4 Å². The highest BCUT2D eigenvalue weighted by molar-refractivity contribution is 5.96. The van der Waals surface area contributed by atoms with Crippen LogP contribution in [0, 0.1) is 5.82 Å². The van der Waals surface area contributed by atoms with Crippen LogP contribution in [-0.2, 0) is 0 Å². The molecule has 0 aliphatic carbocycles. The van der Waals surface area contributed by atoms with Gasteiger partial charge in [0.1, 0.15) is 11.5 Å². The van der Waals surface area contributed by atoms with Crippen LogP contribution in [0.5, 0.6) is 0 Å². The Bertz CT molecular complexity index is 1610. The van der Waals surface area contributed by atoms with Gasteiger partial charge in [0.05, 0.1) is 17.9 Å². The number of pyridine rings is 1. The Kier molecular flexibility index (Phi) is 6.64. The van der Waals surface area contributed by atoms with Crippen molar-refractivity contribution in [2.45, 2.75) is 26.8 Å². The Morgan fingerprint density at radius 1 is 0.946 bits per heavy atom. The summed E-state index contributed by atoms with van der Waals surface area (Å²) >= 11 is 0. The molecule has 2 heterocycles. The van der Waals surface area contributed by atoms with Crippen LogP contribution in [0.2, 0.25) is 0 Å². The number of imidazole rings is 1. The first-order valence-electron chi connectivity index (χ1n) is 12.1. The molecule has 0 bridgehead atoms. The van der Waals surface area contributed by atoms with Gasteiger partial charge in [-0.15, -0.1) is 0 Å². The van der Waals surface area contributed by atoms with Crippen molar-refractivity contribution in [3.8, 4) is 22.8 Å². The molecule has 2 N–H and O–H groups in total. The molecule has 3 aromatic carbocycles. The van der Waals surface area contributed by atoms with Gasteiger partial charge < -0.3 is 10.3 Å². The summed E-state index contributed by atoms with van der Waals surface area (Å²) < 4.78 is 13.3. The fraction of sp³-hybridized carbons (Fsp3) is 0.129. The molecule has 6 heteroatoms. The first kappa shape index (κ1) is 24.1. The number of carbonyl (C=O) groups is 1. The third-order valence-electron chi connectivity index (χ3n) is 6.15. The maximum absolute atomic E-state index is 13.3. The van der Waals surface area contributed by atoms with Crippen molar-refractivity contribution >= 4 is 22.8 Å². The van der Waals surface area contributed by atoms with E-state index in [1.54, 1.807) is 18.3 Å². The SMILES string of the molecule is CC(C)=Cc1cc(C(=O)N[C@H](C)c2ccc(F)cc2)cc(-c2cnc(-c3cc4ccccc4cn3)[nH]2)c1. The lowest BCUT2D eigenvalue weighted by Gasteiger charge is -2.15. The first-order valence-corrected chi connectivity index (χ1v) is 12.1. The van der Waals surface area contributed by atoms with Crippen LogP contribution in [-0.4, -0.2) is 20.9 Å². The minimum atomic E-state index is -0.306. The maximum atomic E-state index is 13.3. The van der Waals surface area contributed by atoms with Gasteiger partial charge in [0.15, 0.2) is 5.82 Å². The summed E-state index contributed by atoms with van der Waals surface area (Å²) in [5.74, 6) is 0.140. The zero-order chi connectivity index (χ0) is 25.9. The normalized spacial score (nSPS) is 11.8. The number of rotatable bonds is 6. The van der Waals surface area contributed by atoms with E-state index in [4.69, 9.17) is 0 Å². The number of carbonyl (C=O) groups excluding carboxylic acids is 1. The standard InChI is InChI=1S/C31H27FN4O/c1-19(2)12-21-13-25(15-26(14-21)31(37)35-20(3)22-8-10-27(32)11-9-22)29-18-34-30(36-29)28-16-23-6-4-5-7-24(23)17-33-28/h4-18,20H,1-3H3,(H,34,36)(H,35,37)/t20-/m1/s1. The minimum absolute atomic E-state index is 0.210. The second-order valence-electron chi connectivity index (χ2n) is 9.37. The van der Waals surface area contributed by atoms with Gasteiger partial charge in [-0.1, -0.05) is 48.0 Å². The van der Waals surface area contributed by atoms with E-state index in [-0.39, 0.29) is 17.8 Å². The summed E-state index contributed by atoms with van der Waals surface area (Å²) in [5, 5.41) is 5.18. The lowest BCUT2D eigenvalue weighted by molar-refractivity contribution is 0.0940. The van der Waals surface area contributed by atoms with Gasteiger partial charge in [0.25, 0.3) is 5.91 Å². The van der Waals surface area contributed by atoms with E-state index >= 15 is 0 Å². The molecule has 184 valence electrons. The molecule has 0 saturated heterocycles. The predicted molar refractivity (Wildman–Crippen MR) is 146 cm³/mol. The number of allylic oxidation sites excluding steroid dienone is 1. The second kappa shape index (κ2) is 10.2. The van der Waals surface area contributed by atoms with Crippen LogP contribution in [0.4, 0.5) is 4.39 Å². The fourth-order valence-corrected chi connectivity index (χ4v) is 4.28. The molecule has 0 aliphatic rings. The average molecular weight is 491 g/mol. The summed E-state index contributed by atoms with van der Waals surface area (Å²) in [7, 11) is 0. The van der Waals surface area contributed by atoms with Crippen LogP contribution in [0.1, 0.15) is 48.3 Å². The smallest absolute Gasteiger partial charge is 0.251 e. The molecular formula is C31H27FN4O. The summed E-state index contributed by atoms with van der Waals surface area (Å²) in [6.45, 7) is 5.91. The number of hydrogen-bond acceptors (Lipinski definition) is 3. The van der Waals surface area contributed by atoms with Crippen molar-refractivity contribution in [2.75, 3.05) is 0 Å². The summed E-state index contributed by atoms with van der Waals surface area (Å²) in [5.41, 5.74) is 5.77. The van der Waals surface area contributed by atoms with Crippen molar-refractivity contribution in [1.29, 1.82) is 0 Å². The number of nitrogens with one attached hydrogen (secondary N) is 2. The van der Waals surface area contributed by atoms with Gasteiger partial charge in [-0.25, -0.2) is 9.37 Å². The molecule has 0 unspecified atom stereocenters. The van der Waals surface area contributed by atoms with Crippen LogP contribution in [0.15, 0.2) is 90.8 Å². The topological polar surface area (TPSA) is 70.7 Å². The quantitative estimate of drug-likeness (QED) is 0.261. The van der Waals surface area contributed by atoms with Gasteiger partial charge in [0, 0.05) is 22.7 Å². The molecule has 5 nitrogen and oxygen atoms in total. The van der Waals surface area contributed by atoms with E-state index in [1.165, 1.54) is 12.1 Å². The minimum Gasteiger partial charge on any atom is -0.346 e. The highest BCUT2D eigenvalue weighted by Gasteiger charge is 2.15. The number of halogens is 1. The van der Waals surface area contributed by atoms with Crippen LogP contribution in [0.3, 0.4) is 0 Å². The zero-order valence-electron chi connectivity index (χ0n) is 20.9. The summed E-state index contributed by atoms with van der Waals surface area (Å²) in [4.78, 5) is 25.7. The molecular weight excluding hydrogens is 463 g/mol. The van der Waals surface area contributed by atoms with Crippen molar-refractivity contribution in [2.24, 2.45) is 0 Å². The number of nitrogens with zero attached hydrogens (tertiary/aromatic N) is 2. The largest absolute Gasteiger partial charge is 0.346 e. The number of aromatic nitrogens is 3. The van der Waals surface area contributed by atoms with Gasteiger partial charge in [-0.05, 0) is 73.7 Å². The van der Waals surface area contributed by atoms with Crippen LogP contribution in [0.25, 0.3) is 39.6 Å². The molecule has 2 aromatic heterocycles. The number of aromatic amines is 1. The molecule has 0 spiro atoms. The third-order valence-corrected chi connectivity index (χ3v) is 6.15. The molecule has 0 aliphatic heterocycles. The molecule has 1 amide bonds. The van der Waals surface area contributed by atoms with Crippen molar-refractivity contribution in [3.05, 3.63) is 113 Å². The Morgan fingerprint density at radius 3 is 2.46 bits per heavy atom. The lowest BCUT2D eigenvalue weighted by atomic mass is 10.0. The molecule has 5 aromatic rings. The lowest BCUT2D eigenvalue weighted by Crippen LogP contribution is -2.26. The number of benzene rings is 3. The summed E-state index contributed by atoms with van der Waals surface area (Å²) in [6, 6.07) is 21.7. The Balaban J connectivity index is 1.46. The molecule has 1 atom stereocenters. The van der Waals surface area contributed by atoms with Gasteiger partial charge in [-0.3, -0.25) is 9.78 Å². The number of hydrogen-bond donors (Lipinski definition) is 2. The van der Waals surface area contributed by atoms with E-state index in [2.05, 4.69) is 20.3 Å². The van der Waals surface area contributed by atoms with Crippen molar-refractivity contribution < 1.29 is 9.18 Å². The molecule has 0 fully saturated rings. The first-order chi connectivity index (χ1) is 17.9. The van der Waals surface area contributed by atoms with E-state index in [9.17, 15) is 9.18 Å². The predicted octanol–water partition coefficient (Wildman–Crippen LogP) is 7.35. The average Bonchev–Trinajstić information content (AvgIpc) is 3.39. The maximum Gasteiger partial charge on any atom is 0.251 e. The Labute approximate surface area is 215 Å².